The van der Waals surface area contributed by atoms with E-state index in [1.807, 2.05) is 43.4 Å². The highest BCUT2D eigenvalue weighted by Crippen LogP contribution is 2.18. The Morgan fingerprint density at radius 3 is 2.45 bits per heavy atom. The summed E-state index contributed by atoms with van der Waals surface area (Å²) < 4.78 is 41.0. The number of aromatic nitrogens is 1. The topological polar surface area (TPSA) is 61.8 Å². The van der Waals surface area contributed by atoms with Crippen molar-refractivity contribution in [2.45, 2.75) is 32.8 Å². The Hall–Kier alpha value is -2.33. The van der Waals surface area contributed by atoms with Crippen molar-refractivity contribution in [2.75, 3.05) is 32.1 Å². The van der Waals surface area contributed by atoms with Gasteiger partial charge in [-0.25, -0.2) is 9.98 Å². The Kier molecular flexibility index (Phi) is 8.71. The molecule has 0 bridgehead atoms. The van der Waals surface area contributed by atoms with E-state index in [9.17, 15) is 13.2 Å². The zero-order valence-corrected chi connectivity index (χ0v) is 17.5. The molecule has 0 atom stereocenters. The first-order valence-corrected chi connectivity index (χ1v) is 10.0. The number of thiazole rings is 1. The van der Waals surface area contributed by atoms with Gasteiger partial charge in [0.15, 0.2) is 11.1 Å². The van der Waals surface area contributed by atoms with Crippen LogP contribution in [0, 0.1) is 0 Å². The van der Waals surface area contributed by atoms with Crippen molar-refractivity contribution in [2.24, 2.45) is 4.99 Å². The zero-order chi connectivity index (χ0) is 21.3. The highest BCUT2D eigenvalue weighted by Gasteiger charge is 2.27. The number of hydrogen-bond donors (Lipinski definition) is 2. The van der Waals surface area contributed by atoms with Gasteiger partial charge in [-0.05, 0) is 18.1 Å². The van der Waals surface area contributed by atoms with Crippen LogP contribution in [0.3, 0.4) is 0 Å². The third-order valence-electron chi connectivity index (χ3n) is 3.68. The molecule has 0 amide bonds. The summed E-state index contributed by atoms with van der Waals surface area (Å²) in [5.74, 6) is 0.671. The molecule has 1 heterocycles. The minimum Gasteiger partial charge on any atom is -0.367 e. The van der Waals surface area contributed by atoms with Crippen LogP contribution < -0.4 is 15.5 Å². The zero-order valence-electron chi connectivity index (χ0n) is 16.7. The second kappa shape index (κ2) is 11.0. The number of nitrogens with one attached hydrogen (secondary N) is 2. The molecule has 0 spiro atoms. The van der Waals surface area contributed by atoms with E-state index in [1.54, 1.807) is 23.5 Å². The largest absolute Gasteiger partial charge is 0.411 e. The Morgan fingerprint density at radius 2 is 1.86 bits per heavy atom. The molecule has 0 aliphatic heterocycles. The van der Waals surface area contributed by atoms with Crippen LogP contribution in [0.2, 0.25) is 0 Å². The lowest BCUT2D eigenvalue weighted by Gasteiger charge is -2.11. The number of aliphatic imine (C=N–C) groups is 1. The maximum Gasteiger partial charge on any atom is 0.411 e. The van der Waals surface area contributed by atoms with Crippen molar-refractivity contribution < 1.29 is 17.9 Å². The van der Waals surface area contributed by atoms with E-state index in [2.05, 4.69) is 25.3 Å². The molecule has 0 saturated heterocycles. The van der Waals surface area contributed by atoms with Gasteiger partial charge < -0.3 is 20.3 Å². The predicted octanol–water partition coefficient (Wildman–Crippen LogP) is 3.54. The fraction of sp³-hybridized carbons (Fsp3) is 0.474. The Balaban J connectivity index is 1.86. The summed E-state index contributed by atoms with van der Waals surface area (Å²) in [4.78, 5) is 11.0. The van der Waals surface area contributed by atoms with Crippen LogP contribution in [0.1, 0.15) is 23.7 Å². The number of halogens is 3. The third-order valence-corrected chi connectivity index (χ3v) is 4.74. The van der Waals surface area contributed by atoms with Gasteiger partial charge in [0.05, 0.1) is 25.4 Å². The lowest BCUT2D eigenvalue weighted by atomic mass is 10.1. The molecule has 0 unspecified atom stereocenters. The number of guanidine groups is 1. The molecular weight excluding hydrogens is 403 g/mol. The van der Waals surface area contributed by atoms with Crippen molar-refractivity contribution in [3.8, 4) is 0 Å². The molecule has 0 fully saturated rings. The first-order valence-electron chi connectivity index (χ1n) is 9.13. The van der Waals surface area contributed by atoms with Crippen molar-refractivity contribution in [3.63, 3.8) is 0 Å². The van der Waals surface area contributed by atoms with Gasteiger partial charge >= 0.3 is 6.18 Å². The van der Waals surface area contributed by atoms with Gasteiger partial charge in [0, 0.05) is 26.0 Å². The SMILES string of the molecule is CCNC(=NCc1ccc(COCC(F)(F)F)cc1)NCc1csc(N(C)C)n1. The second-order valence-corrected chi connectivity index (χ2v) is 7.33. The molecule has 1 aromatic carbocycles. The highest BCUT2D eigenvalue weighted by atomic mass is 32.1. The standard InChI is InChI=1S/C19H26F3N5OS/c1-4-23-17(25-10-16-12-29-18(26-16)27(2)3)24-9-14-5-7-15(8-6-14)11-28-13-19(20,21)22/h5-8,12H,4,9-11,13H2,1-3H3,(H2,23,24,25). The summed E-state index contributed by atoms with van der Waals surface area (Å²) in [7, 11) is 3.91. The lowest BCUT2D eigenvalue weighted by molar-refractivity contribution is -0.176. The first-order chi connectivity index (χ1) is 13.8. The predicted molar refractivity (Wildman–Crippen MR) is 110 cm³/mol. The van der Waals surface area contributed by atoms with Gasteiger partial charge in [0.1, 0.15) is 6.61 Å². The van der Waals surface area contributed by atoms with Crippen LogP contribution >= 0.6 is 11.3 Å². The number of alkyl halides is 3. The molecule has 2 rings (SSSR count). The van der Waals surface area contributed by atoms with E-state index < -0.39 is 12.8 Å². The molecule has 0 aliphatic rings. The van der Waals surface area contributed by atoms with E-state index in [0.29, 0.717) is 24.6 Å². The summed E-state index contributed by atoms with van der Waals surface area (Å²) in [6.45, 7) is 2.40. The van der Waals surface area contributed by atoms with Gasteiger partial charge in [-0.1, -0.05) is 24.3 Å². The molecular formula is C19H26F3N5OS. The lowest BCUT2D eigenvalue weighted by Crippen LogP contribution is -2.36. The normalized spacial score (nSPS) is 12.1. The van der Waals surface area contributed by atoms with E-state index >= 15 is 0 Å². The fourth-order valence-electron chi connectivity index (χ4n) is 2.29. The number of anilines is 1. The Labute approximate surface area is 172 Å². The molecule has 160 valence electrons. The average molecular weight is 430 g/mol. The van der Waals surface area contributed by atoms with Crippen LogP contribution in [-0.2, 0) is 24.4 Å². The van der Waals surface area contributed by atoms with Crippen molar-refractivity contribution >= 4 is 22.4 Å². The molecule has 0 aliphatic carbocycles. The van der Waals surface area contributed by atoms with Gasteiger partial charge in [0.25, 0.3) is 0 Å². The van der Waals surface area contributed by atoms with Crippen LogP contribution in [0.4, 0.5) is 18.3 Å². The molecule has 29 heavy (non-hydrogen) atoms. The molecule has 6 nitrogen and oxygen atoms in total. The van der Waals surface area contributed by atoms with Gasteiger partial charge in [-0.2, -0.15) is 13.2 Å². The number of nitrogens with zero attached hydrogens (tertiary/aromatic N) is 3. The summed E-state index contributed by atoms with van der Waals surface area (Å²) in [5, 5.41) is 9.39. The Morgan fingerprint density at radius 1 is 1.17 bits per heavy atom. The van der Waals surface area contributed by atoms with Crippen LogP contribution in [-0.4, -0.2) is 44.4 Å². The minimum absolute atomic E-state index is 0.0736. The van der Waals surface area contributed by atoms with Crippen LogP contribution in [0.25, 0.3) is 0 Å². The van der Waals surface area contributed by atoms with Crippen molar-refractivity contribution in [3.05, 3.63) is 46.5 Å². The quantitative estimate of drug-likeness (QED) is 0.472. The van der Waals surface area contributed by atoms with Crippen LogP contribution in [0.5, 0.6) is 0 Å². The number of benzene rings is 1. The highest BCUT2D eigenvalue weighted by molar-refractivity contribution is 7.13. The van der Waals surface area contributed by atoms with E-state index in [1.165, 1.54) is 0 Å². The number of ether oxygens (including phenoxy) is 1. The minimum atomic E-state index is -4.31. The smallest absolute Gasteiger partial charge is 0.367 e. The van der Waals surface area contributed by atoms with E-state index in [0.717, 1.165) is 22.9 Å². The maximum absolute atomic E-state index is 12.1. The monoisotopic (exact) mass is 429 g/mol. The fourth-order valence-corrected chi connectivity index (χ4v) is 3.05. The maximum atomic E-state index is 12.1. The van der Waals surface area contributed by atoms with Crippen LogP contribution in [0.15, 0.2) is 34.6 Å². The molecule has 10 heteroatoms. The van der Waals surface area contributed by atoms with Crippen molar-refractivity contribution in [1.82, 2.24) is 15.6 Å². The Bertz CT molecular complexity index is 775. The van der Waals surface area contributed by atoms with Gasteiger partial charge in [-0.15, -0.1) is 11.3 Å². The second-order valence-electron chi connectivity index (χ2n) is 6.49. The first kappa shape index (κ1) is 23.0. The van der Waals surface area contributed by atoms with Gasteiger partial charge in [-0.3, -0.25) is 0 Å². The van der Waals surface area contributed by atoms with Crippen molar-refractivity contribution in [1.29, 1.82) is 0 Å². The molecule has 1 aromatic heterocycles. The molecule has 2 N–H and O–H groups in total. The molecule has 0 radical (unpaired) electrons. The third kappa shape index (κ3) is 8.70. The average Bonchev–Trinajstić information content (AvgIpc) is 3.13. The molecule has 0 saturated carbocycles. The number of rotatable bonds is 9. The number of hydrogen-bond acceptors (Lipinski definition) is 5. The van der Waals surface area contributed by atoms with E-state index in [-0.39, 0.29) is 6.61 Å². The summed E-state index contributed by atoms with van der Waals surface area (Å²) in [5.41, 5.74) is 2.57. The van der Waals surface area contributed by atoms with Gasteiger partial charge in [0.2, 0.25) is 0 Å². The summed E-state index contributed by atoms with van der Waals surface area (Å²) in [6.07, 6.45) is -4.31. The van der Waals surface area contributed by atoms with E-state index in [4.69, 9.17) is 0 Å². The summed E-state index contributed by atoms with van der Waals surface area (Å²) in [6, 6.07) is 7.17. The summed E-state index contributed by atoms with van der Waals surface area (Å²) >= 11 is 1.58. The molecule has 2 aromatic rings.